The molecule has 1 aliphatic rings. The van der Waals surface area contributed by atoms with E-state index in [2.05, 4.69) is 41.9 Å². The molecule has 1 fully saturated rings. The van der Waals surface area contributed by atoms with Crippen molar-refractivity contribution in [3.05, 3.63) is 29.6 Å². The summed E-state index contributed by atoms with van der Waals surface area (Å²) in [6.45, 7) is 7.91. The Morgan fingerprint density at radius 2 is 2.33 bits per heavy atom. The van der Waals surface area contributed by atoms with Gasteiger partial charge in [0.05, 0.1) is 11.0 Å². The minimum Gasteiger partial charge on any atom is -0.342 e. The number of H-pyrrole nitrogens is 1. The van der Waals surface area contributed by atoms with Crippen LogP contribution in [-0.2, 0) is 0 Å². The summed E-state index contributed by atoms with van der Waals surface area (Å²) in [7, 11) is 0. The molecule has 3 nitrogen and oxygen atoms in total. The van der Waals surface area contributed by atoms with Crippen molar-refractivity contribution in [3.63, 3.8) is 0 Å². The fourth-order valence-corrected chi connectivity index (χ4v) is 2.95. The number of benzene rings is 1. The third-order valence-corrected chi connectivity index (χ3v) is 4.07. The average molecular weight is 243 g/mol. The van der Waals surface area contributed by atoms with Gasteiger partial charge in [0.25, 0.3) is 0 Å². The van der Waals surface area contributed by atoms with Crippen molar-refractivity contribution in [2.75, 3.05) is 19.6 Å². The molecule has 0 unspecified atom stereocenters. The van der Waals surface area contributed by atoms with E-state index in [0.717, 1.165) is 18.6 Å². The van der Waals surface area contributed by atoms with Gasteiger partial charge >= 0.3 is 0 Å². The summed E-state index contributed by atoms with van der Waals surface area (Å²) in [6, 6.07) is 6.35. The topological polar surface area (TPSA) is 31.9 Å². The number of likely N-dealkylation sites (tertiary alicyclic amines) is 1. The molecule has 2 aromatic rings. The number of nitrogens with zero attached hydrogens (tertiary/aromatic N) is 2. The van der Waals surface area contributed by atoms with E-state index in [4.69, 9.17) is 4.98 Å². The largest absolute Gasteiger partial charge is 0.342 e. The maximum Gasteiger partial charge on any atom is 0.111 e. The second-order valence-corrected chi connectivity index (χ2v) is 5.33. The zero-order chi connectivity index (χ0) is 12.5. The van der Waals surface area contributed by atoms with Gasteiger partial charge in [0.15, 0.2) is 0 Å². The van der Waals surface area contributed by atoms with E-state index >= 15 is 0 Å². The smallest absolute Gasteiger partial charge is 0.111 e. The van der Waals surface area contributed by atoms with E-state index in [-0.39, 0.29) is 0 Å². The SMILES string of the molecule is CCN1CCC[C@H](c2nc3c(C)cccc3[nH]2)C1. The van der Waals surface area contributed by atoms with Gasteiger partial charge in [0.2, 0.25) is 0 Å². The summed E-state index contributed by atoms with van der Waals surface area (Å²) in [5, 5.41) is 0. The Morgan fingerprint density at radius 1 is 1.44 bits per heavy atom. The predicted octanol–water partition coefficient (Wildman–Crippen LogP) is 3.07. The molecule has 96 valence electrons. The number of piperidine rings is 1. The van der Waals surface area contributed by atoms with Crippen LogP contribution in [0.25, 0.3) is 11.0 Å². The summed E-state index contributed by atoms with van der Waals surface area (Å²) in [4.78, 5) is 10.9. The van der Waals surface area contributed by atoms with Crippen molar-refractivity contribution in [1.29, 1.82) is 0 Å². The highest BCUT2D eigenvalue weighted by atomic mass is 15.1. The number of aromatic amines is 1. The number of para-hydroxylation sites is 1. The van der Waals surface area contributed by atoms with Crippen LogP contribution >= 0.6 is 0 Å². The maximum atomic E-state index is 4.82. The average Bonchev–Trinajstić information content (AvgIpc) is 2.84. The number of aromatic nitrogens is 2. The monoisotopic (exact) mass is 243 g/mol. The molecule has 1 N–H and O–H groups in total. The van der Waals surface area contributed by atoms with Crippen LogP contribution in [0.15, 0.2) is 18.2 Å². The van der Waals surface area contributed by atoms with Crippen LogP contribution < -0.4 is 0 Å². The van der Waals surface area contributed by atoms with Crippen molar-refractivity contribution in [2.45, 2.75) is 32.6 Å². The molecule has 3 heteroatoms. The molecule has 1 atom stereocenters. The number of rotatable bonds is 2. The van der Waals surface area contributed by atoms with E-state index in [1.807, 2.05) is 0 Å². The van der Waals surface area contributed by atoms with Gasteiger partial charge in [0.1, 0.15) is 5.82 Å². The molecule has 0 amide bonds. The molecule has 0 aliphatic carbocycles. The van der Waals surface area contributed by atoms with Crippen molar-refractivity contribution in [1.82, 2.24) is 14.9 Å². The summed E-state index contributed by atoms with van der Waals surface area (Å²) >= 11 is 0. The standard InChI is InChI=1S/C15H21N3/c1-3-18-9-5-7-12(10-18)15-16-13-8-4-6-11(2)14(13)17-15/h4,6,8,12H,3,5,7,9-10H2,1-2H3,(H,16,17)/t12-/m0/s1. The molecule has 0 radical (unpaired) electrons. The van der Waals surface area contributed by atoms with Crippen LogP contribution in [0, 0.1) is 6.92 Å². The summed E-state index contributed by atoms with van der Waals surface area (Å²) in [5.74, 6) is 1.75. The minimum absolute atomic E-state index is 0.575. The highest BCUT2D eigenvalue weighted by Crippen LogP contribution is 2.27. The zero-order valence-corrected chi connectivity index (χ0v) is 11.2. The van der Waals surface area contributed by atoms with Gasteiger partial charge in [-0.1, -0.05) is 19.1 Å². The van der Waals surface area contributed by atoms with Gasteiger partial charge in [0, 0.05) is 12.5 Å². The van der Waals surface area contributed by atoms with Gasteiger partial charge < -0.3 is 9.88 Å². The second-order valence-electron chi connectivity index (χ2n) is 5.33. The molecular weight excluding hydrogens is 222 g/mol. The first-order valence-corrected chi connectivity index (χ1v) is 6.95. The van der Waals surface area contributed by atoms with Crippen LogP contribution in [0.2, 0.25) is 0 Å². The van der Waals surface area contributed by atoms with Crippen LogP contribution in [0.5, 0.6) is 0 Å². The number of aryl methyl sites for hydroxylation is 1. The first-order chi connectivity index (χ1) is 8.78. The van der Waals surface area contributed by atoms with Crippen molar-refractivity contribution in [3.8, 4) is 0 Å². The minimum atomic E-state index is 0.575. The zero-order valence-electron chi connectivity index (χ0n) is 11.2. The lowest BCUT2D eigenvalue weighted by Gasteiger charge is -2.30. The van der Waals surface area contributed by atoms with Crippen LogP contribution in [0.3, 0.4) is 0 Å². The number of likely N-dealkylation sites (N-methyl/N-ethyl adjacent to an activating group) is 1. The van der Waals surface area contributed by atoms with Crippen molar-refractivity contribution in [2.24, 2.45) is 0 Å². The molecule has 0 spiro atoms. The molecule has 2 heterocycles. The van der Waals surface area contributed by atoms with E-state index < -0.39 is 0 Å². The van der Waals surface area contributed by atoms with E-state index in [9.17, 15) is 0 Å². The Hall–Kier alpha value is -1.35. The highest BCUT2D eigenvalue weighted by Gasteiger charge is 2.22. The Kier molecular flexibility index (Phi) is 3.08. The third-order valence-electron chi connectivity index (χ3n) is 4.07. The van der Waals surface area contributed by atoms with Crippen molar-refractivity contribution < 1.29 is 0 Å². The molecular formula is C15H21N3. The predicted molar refractivity (Wildman–Crippen MR) is 74.9 cm³/mol. The van der Waals surface area contributed by atoms with E-state index in [1.54, 1.807) is 0 Å². The maximum absolute atomic E-state index is 4.82. The lowest BCUT2D eigenvalue weighted by molar-refractivity contribution is 0.214. The number of imidazole rings is 1. The van der Waals surface area contributed by atoms with Crippen LogP contribution in [0.4, 0.5) is 0 Å². The van der Waals surface area contributed by atoms with Crippen molar-refractivity contribution >= 4 is 11.0 Å². The summed E-state index contributed by atoms with van der Waals surface area (Å²) < 4.78 is 0. The first-order valence-electron chi connectivity index (χ1n) is 6.95. The van der Waals surface area contributed by atoms with E-state index in [1.165, 1.54) is 36.3 Å². The lowest BCUT2D eigenvalue weighted by atomic mass is 9.97. The summed E-state index contributed by atoms with van der Waals surface area (Å²) in [6.07, 6.45) is 2.55. The number of hydrogen-bond donors (Lipinski definition) is 1. The van der Waals surface area contributed by atoms with Gasteiger partial charge in [-0.3, -0.25) is 0 Å². The fraction of sp³-hybridized carbons (Fsp3) is 0.533. The lowest BCUT2D eigenvalue weighted by Crippen LogP contribution is -2.34. The molecule has 0 bridgehead atoms. The summed E-state index contributed by atoms with van der Waals surface area (Å²) in [5.41, 5.74) is 3.58. The van der Waals surface area contributed by atoms with Gasteiger partial charge in [-0.05, 0) is 44.5 Å². The van der Waals surface area contributed by atoms with Gasteiger partial charge in [-0.25, -0.2) is 4.98 Å². The molecule has 18 heavy (non-hydrogen) atoms. The Labute approximate surface area is 108 Å². The Morgan fingerprint density at radius 3 is 3.11 bits per heavy atom. The second kappa shape index (κ2) is 4.73. The third kappa shape index (κ3) is 2.03. The normalized spacial score (nSPS) is 21.6. The number of fused-ring (bicyclic) bond motifs is 1. The van der Waals surface area contributed by atoms with Crippen LogP contribution in [0.1, 0.15) is 37.1 Å². The van der Waals surface area contributed by atoms with Crippen LogP contribution in [-0.4, -0.2) is 34.5 Å². The molecule has 1 aromatic heterocycles. The van der Waals surface area contributed by atoms with Gasteiger partial charge in [-0.2, -0.15) is 0 Å². The molecule has 3 rings (SSSR count). The Bertz CT molecular complexity index is 544. The number of nitrogens with one attached hydrogen (secondary N) is 1. The molecule has 0 saturated carbocycles. The van der Waals surface area contributed by atoms with Gasteiger partial charge in [-0.15, -0.1) is 0 Å². The first kappa shape index (κ1) is 11.7. The fourth-order valence-electron chi connectivity index (χ4n) is 2.95. The molecule has 1 aliphatic heterocycles. The molecule has 1 saturated heterocycles. The highest BCUT2D eigenvalue weighted by molar-refractivity contribution is 5.78. The number of hydrogen-bond acceptors (Lipinski definition) is 2. The quantitative estimate of drug-likeness (QED) is 0.879. The van der Waals surface area contributed by atoms with E-state index in [0.29, 0.717) is 5.92 Å². The Balaban J connectivity index is 1.92. The molecule has 1 aromatic carbocycles.